The van der Waals surface area contributed by atoms with E-state index in [-0.39, 0.29) is 0 Å². The second-order valence-electron chi connectivity index (χ2n) is 7.01. The molecule has 0 amide bonds. The summed E-state index contributed by atoms with van der Waals surface area (Å²) in [6.07, 6.45) is 28.4. The van der Waals surface area contributed by atoms with E-state index in [4.69, 9.17) is 5.11 Å². The van der Waals surface area contributed by atoms with E-state index in [9.17, 15) is 9.90 Å². The molecule has 0 fully saturated rings. The lowest BCUT2D eigenvalue weighted by Gasteiger charge is -2.15. The van der Waals surface area contributed by atoms with Crippen molar-refractivity contribution in [3.8, 4) is 0 Å². The minimum atomic E-state index is -0.772. The van der Waals surface area contributed by atoms with Crippen LogP contribution in [0.15, 0.2) is 72.9 Å². The van der Waals surface area contributed by atoms with E-state index in [1.165, 1.54) is 0 Å². The molecule has 2 N–H and O–H groups in total. The topological polar surface area (TPSA) is 57.5 Å². The molecular formula is C24H36O3. The van der Waals surface area contributed by atoms with Gasteiger partial charge in [-0.2, -0.15) is 0 Å². The highest BCUT2D eigenvalue weighted by molar-refractivity contribution is 5.73. The van der Waals surface area contributed by atoms with Crippen LogP contribution in [0.2, 0.25) is 0 Å². The van der Waals surface area contributed by atoms with E-state index < -0.39 is 17.5 Å². The molecule has 3 nitrogen and oxygen atoms in total. The molecule has 0 aromatic carbocycles. The van der Waals surface area contributed by atoms with Crippen molar-refractivity contribution < 1.29 is 15.0 Å². The van der Waals surface area contributed by atoms with E-state index in [1.54, 1.807) is 19.9 Å². The summed E-state index contributed by atoms with van der Waals surface area (Å²) in [7, 11) is 0. The van der Waals surface area contributed by atoms with Gasteiger partial charge in [-0.25, -0.2) is 0 Å². The lowest BCUT2D eigenvalue weighted by atomic mass is 9.89. The number of hydrogen-bond acceptors (Lipinski definition) is 2. The summed E-state index contributed by atoms with van der Waals surface area (Å²) in [5.41, 5.74) is -0.707. The Kier molecular flexibility index (Phi) is 14.8. The summed E-state index contributed by atoms with van der Waals surface area (Å²) >= 11 is 0. The van der Waals surface area contributed by atoms with Gasteiger partial charge in [-0.15, -0.1) is 0 Å². The third-order valence-electron chi connectivity index (χ3n) is 3.88. The van der Waals surface area contributed by atoms with Crippen LogP contribution in [0.25, 0.3) is 0 Å². The standard InChI is InChI=1S/C24H36O3/c1-4-5-6-7-13-16-19-22(25)20-17-14-11-9-8-10-12-15-18-21-24(2,3)23(26)27/h5-6,8,10-11,13-18,20,22,25H,4,7,9,12,19,21H2,1-3H3,(H,26,27)/b6-5-,10-8-,14-11-,16-13-,18-15-,20-17+. The highest BCUT2D eigenvalue weighted by Gasteiger charge is 2.24. The molecule has 3 heteroatoms. The molecule has 1 atom stereocenters. The Labute approximate surface area is 165 Å². The monoisotopic (exact) mass is 372 g/mol. The fourth-order valence-electron chi connectivity index (χ4n) is 2.01. The van der Waals surface area contributed by atoms with Crippen molar-refractivity contribution in [1.82, 2.24) is 0 Å². The maximum absolute atomic E-state index is 11.0. The van der Waals surface area contributed by atoms with E-state index >= 15 is 0 Å². The van der Waals surface area contributed by atoms with Crippen molar-refractivity contribution in [2.24, 2.45) is 5.41 Å². The summed E-state index contributed by atoms with van der Waals surface area (Å²) in [4.78, 5) is 11.0. The van der Waals surface area contributed by atoms with Crippen LogP contribution < -0.4 is 0 Å². The number of carbonyl (C=O) groups is 1. The van der Waals surface area contributed by atoms with Crippen LogP contribution in [-0.2, 0) is 4.79 Å². The zero-order valence-electron chi connectivity index (χ0n) is 17.1. The zero-order valence-corrected chi connectivity index (χ0v) is 17.1. The summed E-state index contributed by atoms with van der Waals surface area (Å²) in [5, 5.41) is 18.8. The SMILES string of the molecule is CC/C=C\C/C=C\CC(O)/C=C/C=C\C/C=C\C/C=C\CC(C)(C)C(=O)O. The van der Waals surface area contributed by atoms with Gasteiger partial charge in [0.2, 0.25) is 0 Å². The number of rotatable bonds is 14. The van der Waals surface area contributed by atoms with Gasteiger partial charge in [0.25, 0.3) is 0 Å². The summed E-state index contributed by atoms with van der Waals surface area (Å²) in [6, 6.07) is 0. The Morgan fingerprint density at radius 3 is 2.04 bits per heavy atom. The van der Waals surface area contributed by atoms with Crippen LogP contribution in [0.3, 0.4) is 0 Å². The van der Waals surface area contributed by atoms with Crippen LogP contribution in [0.5, 0.6) is 0 Å². The number of aliphatic hydroxyl groups is 1. The van der Waals surface area contributed by atoms with Crippen LogP contribution in [0.1, 0.15) is 59.3 Å². The van der Waals surface area contributed by atoms with Crippen molar-refractivity contribution in [1.29, 1.82) is 0 Å². The fraction of sp³-hybridized carbons (Fsp3) is 0.458. The third kappa shape index (κ3) is 15.8. The molecule has 0 radical (unpaired) electrons. The smallest absolute Gasteiger partial charge is 0.309 e. The predicted molar refractivity (Wildman–Crippen MR) is 116 cm³/mol. The Hall–Kier alpha value is -2.13. The van der Waals surface area contributed by atoms with Crippen molar-refractivity contribution in [2.45, 2.75) is 65.4 Å². The maximum atomic E-state index is 11.0. The summed E-state index contributed by atoms with van der Waals surface area (Å²) in [5.74, 6) is -0.772. The van der Waals surface area contributed by atoms with Crippen molar-refractivity contribution in [2.75, 3.05) is 0 Å². The minimum absolute atomic E-state index is 0.447. The van der Waals surface area contributed by atoms with Crippen LogP contribution >= 0.6 is 0 Å². The Morgan fingerprint density at radius 2 is 1.41 bits per heavy atom. The van der Waals surface area contributed by atoms with Gasteiger partial charge in [0, 0.05) is 0 Å². The quantitative estimate of drug-likeness (QED) is 0.284. The Balaban J connectivity index is 3.86. The highest BCUT2D eigenvalue weighted by Crippen LogP contribution is 2.20. The molecule has 0 aromatic heterocycles. The Morgan fingerprint density at radius 1 is 0.852 bits per heavy atom. The van der Waals surface area contributed by atoms with Crippen LogP contribution in [0, 0.1) is 5.41 Å². The molecule has 1 unspecified atom stereocenters. The van der Waals surface area contributed by atoms with Gasteiger partial charge in [0.1, 0.15) is 0 Å². The second-order valence-corrected chi connectivity index (χ2v) is 7.01. The van der Waals surface area contributed by atoms with Crippen molar-refractivity contribution in [3.05, 3.63) is 72.9 Å². The third-order valence-corrected chi connectivity index (χ3v) is 3.88. The van der Waals surface area contributed by atoms with Gasteiger partial charge in [-0.3, -0.25) is 4.79 Å². The number of aliphatic hydroxyl groups excluding tert-OH is 1. The van der Waals surface area contributed by atoms with E-state index in [0.717, 1.165) is 25.7 Å². The van der Waals surface area contributed by atoms with Gasteiger partial charge in [0.05, 0.1) is 11.5 Å². The molecule has 0 heterocycles. The molecule has 27 heavy (non-hydrogen) atoms. The normalized spacial score (nSPS) is 14.8. The molecule has 0 aliphatic heterocycles. The predicted octanol–water partition coefficient (Wildman–Crippen LogP) is 6.16. The van der Waals surface area contributed by atoms with Gasteiger partial charge in [-0.1, -0.05) is 79.8 Å². The molecule has 0 aliphatic carbocycles. The Bertz CT molecular complexity index is 560. The summed E-state index contributed by atoms with van der Waals surface area (Å²) < 4.78 is 0. The molecule has 0 aromatic rings. The lowest BCUT2D eigenvalue weighted by Crippen LogP contribution is -2.22. The molecule has 0 saturated heterocycles. The average molecular weight is 373 g/mol. The molecule has 0 bridgehead atoms. The van der Waals surface area contributed by atoms with Gasteiger partial charge in [-0.05, 0) is 52.4 Å². The van der Waals surface area contributed by atoms with E-state index in [2.05, 4.69) is 37.3 Å². The number of allylic oxidation sites excluding steroid dienone is 10. The number of aliphatic carboxylic acids is 1. The van der Waals surface area contributed by atoms with Crippen molar-refractivity contribution in [3.63, 3.8) is 0 Å². The molecular weight excluding hydrogens is 336 g/mol. The molecule has 0 aliphatic rings. The minimum Gasteiger partial charge on any atom is -0.481 e. The second kappa shape index (κ2) is 16.1. The summed E-state index contributed by atoms with van der Waals surface area (Å²) in [6.45, 7) is 5.57. The first kappa shape index (κ1) is 24.9. The zero-order chi connectivity index (χ0) is 20.4. The first-order chi connectivity index (χ1) is 12.9. The van der Waals surface area contributed by atoms with Gasteiger partial charge in [0.15, 0.2) is 0 Å². The molecule has 0 rings (SSSR count). The number of carboxylic acid groups (broad SMARTS) is 1. The first-order valence-electron chi connectivity index (χ1n) is 9.75. The average Bonchev–Trinajstić information content (AvgIpc) is 2.62. The first-order valence-corrected chi connectivity index (χ1v) is 9.75. The molecule has 150 valence electrons. The largest absolute Gasteiger partial charge is 0.481 e. The van der Waals surface area contributed by atoms with E-state index in [0.29, 0.717) is 12.8 Å². The number of carboxylic acids is 1. The van der Waals surface area contributed by atoms with Gasteiger partial charge >= 0.3 is 5.97 Å². The highest BCUT2D eigenvalue weighted by atomic mass is 16.4. The lowest BCUT2D eigenvalue weighted by molar-refractivity contribution is -0.146. The van der Waals surface area contributed by atoms with Crippen molar-refractivity contribution >= 4 is 5.97 Å². The van der Waals surface area contributed by atoms with Gasteiger partial charge < -0.3 is 10.2 Å². The van der Waals surface area contributed by atoms with Crippen LogP contribution in [0.4, 0.5) is 0 Å². The maximum Gasteiger partial charge on any atom is 0.309 e. The molecule has 0 spiro atoms. The fourth-order valence-corrected chi connectivity index (χ4v) is 2.01. The van der Waals surface area contributed by atoms with Crippen LogP contribution in [-0.4, -0.2) is 22.3 Å². The van der Waals surface area contributed by atoms with E-state index in [1.807, 2.05) is 36.5 Å². The number of hydrogen-bond donors (Lipinski definition) is 2. The molecule has 0 saturated carbocycles.